The van der Waals surface area contributed by atoms with Gasteiger partial charge in [0, 0.05) is 24.2 Å². The standard InChI is InChI=1S/C19H21N3O/c1-14(23)16-9-10-18-17(13-16)20-19(15-7-5-4-6-8-15)22(18)12-11-21(2)3/h4-10,13H,11-12H2,1-3H3. The van der Waals surface area contributed by atoms with Gasteiger partial charge in [0.2, 0.25) is 0 Å². The van der Waals surface area contributed by atoms with Crippen LogP contribution in [0.2, 0.25) is 0 Å². The van der Waals surface area contributed by atoms with Gasteiger partial charge >= 0.3 is 0 Å². The van der Waals surface area contributed by atoms with Gasteiger partial charge < -0.3 is 9.47 Å². The number of likely N-dealkylation sites (N-methyl/N-ethyl adjacent to an activating group) is 1. The molecular formula is C19H21N3O. The molecule has 0 saturated carbocycles. The Morgan fingerprint density at radius 3 is 2.52 bits per heavy atom. The molecule has 0 amide bonds. The smallest absolute Gasteiger partial charge is 0.159 e. The lowest BCUT2D eigenvalue weighted by atomic mass is 10.1. The highest BCUT2D eigenvalue weighted by atomic mass is 16.1. The van der Waals surface area contributed by atoms with Crippen molar-refractivity contribution in [3.63, 3.8) is 0 Å². The van der Waals surface area contributed by atoms with Crippen LogP contribution in [0, 0.1) is 0 Å². The fourth-order valence-electron chi connectivity index (χ4n) is 2.68. The van der Waals surface area contributed by atoms with E-state index in [9.17, 15) is 4.79 Å². The van der Waals surface area contributed by atoms with Crippen LogP contribution in [-0.2, 0) is 6.54 Å². The molecule has 0 radical (unpaired) electrons. The Balaban J connectivity index is 2.16. The zero-order valence-electron chi connectivity index (χ0n) is 13.8. The Bertz CT molecular complexity index is 834. The van der Waals surface area contributed by atoms with Crippen molar-refractivity contribution in [1.29, 1.82) is 0 Å². The normalized spacial score (nSPS) is 11.3. The van der Waals surface area contributed by atoms with Crippen molar-refractivity contribution in [3.8, 4) is 11.4 Å². The number of ketones is 1. The molecule has 3 aromatic rings. The van der Waals surface area contributed by atoms with Crippen LogP contribution in [0.3, 0.4) is 0 Å². The van der Waals surface area contributed by atoms with E-state index in [-0.39, 0.29) is 5.78 Å². The van der Waals surface area contributed by atoms with Crippen LogP contribution < -0.4 is 0 Å². The number of hydrogen-bond donors (Lipinski definition) is 0. The molecule has 0 bridgehead atoms. The summed E-state index contributed by atoms with van der Waals surface area (Å²) in [5.41, 5.74) is 3.73. The Morgan fingerprint density at radius 1 is 1.13 bits per heavy atom. The van der Waals surface area contributed by atoms with E-state index in [1.165, 1.54) is 0 Å². The molecule has 0 fully saturated rings. The van der Waals surface area contributed by atoms with Gasteiger partial charge in [0.05, 0.1) is 11.0 Å². The maximum absolute atomic E-state index is 11.6. The van der Waals surface area contributed by atoms with Crippen molar-refractivity contribution < 1.29 is 4.79 Å². The average Bonchev–Trinajstić information content (AvgIpc) is 2.91. The van der Waals surface area contributed by atoms with Crippen LogP contribution in [0.4, 0.5) is 0 Å². The third-order valence-corrected chi connectivity index (χ3v) is 3.96. The fraction of sp³-hybridized carbons (Fsp3) is 0.263. The van der Waals surface area contributed by atoms with Gasteiger partial charge in [-0.25, -0.2) is 4.98 Å². The van der Waals surface area contributed by atoms with Crippen LogP contribution in [0.5, 0.6) is 0 Å². The van der Waals surface area contributed by atoms with Crippen LogP contribution in [0.1, 0.15) is 17.3 Å². The minimum Gasteiger partial charge on any atom is -0.323 e. The Labute approximate surface area is 136 Å². The number of fused-ring (bicyclic) bond motifs is 1. The van der Waals surface area contributed by atoms with E-state index in [0.717, 1.165) is 35.5 Å². The van der Waals surface area contributed by atoms with E-state index in [2.05, 4.69) is 35.7 Å². The van der Waals surface area contributed by atoms with E-state index < -0.39 is 0 Å². The van der Waals surface area contributed by atoms with Gasteiger partial charge in [-0.05, 0) is 39.2 Å². The maximum atomic E-state index is 11.6. The molecule has 4 heteroatoms. The molecule has 0 unspecified atom stereocenters. The summed E-state index contributed by atoms with van der Waals surface area (Å²) in [5, 5.41) is 0. The van der Waals surface area contributed by atoms with Crippen LogP contribution in [0.25, 0.3) is 22.4 Å². The lowest BCUT2D eigenvalue weighted by molar-refractivity contribution is 0.101. The summed E-state index contributed by atoms with van der Waals surface area (Å²) >= 11 is 0. The predicted octanol–water partition coefficient (Wildman–Crippen LogP) is 3.47. The minimum atomic E-state index is 0.0657. The number of rotatable bonds is 5. The lowest BCUT2D eigenvalue weighted by Gasteiger charge is -2.13. The third-order valence-electron chi connectivity index (χ3n) is 3.96. The number of Topliss-reactive ketones (excluding diaryl/α,β-unsaturated/α-hetero) is 1. The quantitative estimate of drug-likeness (QED) is 0.677. The summed E-state index contributed by atoms with van der Waals surface area (Å²) in [4.78, 5) is 18.6. The van der Waals surface area contributed by atoms with Crippen molar-refractivity contribution in [2.75, 3.05) is 20.6 Å². The molecule has 1 aromatic heterocycles. The largest absolute Gasteiger partial charge is 0.323 e. The lowest BCUT2D eigenvalue weighted by Crippen LogP contribution is -2.18. The first kappa shape index (κ1) is 15.4. The highest BCUT2D eigenvalue weighted by Crippen LogP contribution is 2.25. The number of carbonyl (C=O) groups is 1. The van der Waals surface area contributed by atoms with Gasteiger partial charge in [-0.15, -0.1) is 0 Å². The molecule has 0 N–H and O–H groups in total. The average molecular weight is 307 g/mol. The second-order valence-corrected chi connectivity index (χ2v) is 6.02. The minimum absolute atomic E-state index is 0.0657. The van der Waals surface area contributed by atoms with Crippen molar-refractivity contribution in [2.45, 2.75) is 13.5 Å². The zero-order valence-corrected chi connectivity index (χ0v) is 13.8. The van der Waals surface area contributed by atoms with Gasteiger partial charge in [0.25, 0.3) is 0 Å². The molecule has 0 aliphatic rings. The van der Waals surface area contributed by atoms with Gasteiger partial charge in [-0.1, -0.05) is 30.3 Å². The van der Waals surface area contributed by atoms with E-state index in [1.54, 1.807) is 6.92 Å². The fourth-order valence-corrected chi connectivity index (χ4v) is 2.68. The van der Waals surface area contributed by atoms with E-state index >= 15 is 0 Å². The summed E-state index contributed by atoms with van der Waals surface area (Å²) in [6, 6.07) is 15.9. The maximum Gasteiger partial charge on any atom is 0.159 e. The molecule has 23 heavy (non-hydrogen) atoms. The molecule has 0 aliphatic carbocycles. The molecule has 2 aromatic carbocycles. The first-order valence-electron chi connectivity index (χ1n) is 7.77. The van der Waals surface area contributed by atoms with Crippen molar-refractivity contribution >= 4 is 16.8 Å². The molecule has 0 atom stereocenters. The van der Waals surface area contributed by atoms with E-state index in [1.807, 2.05) is 36.4 Å². The summed E-state index contributed by atoms with van der Waals surface area (Å²) in [7, 11) is 4.13. The molecule has 0 saturated heterocycles. The molecule has 0 aliphatic heterocycles. The molecule has 0 spiro atoms. The van der Waals surface area contributed by atoms with E-state index in [0.29, 0.717) is 5.56 Å². The summed E-state index contributed by atoms with van der Waals surface area (Å²) in [6.07, 6.45) is 0. The van der Waals surface area contributed by atoms with Crippen LogP contribution in [0.15, 0.2) is 48.5 Å². The highest BCUT2D eigenvalue weighted by Gasteiger charge is 2.13. The van der Waals surface area contributed by atoms with Crippen molar-refractivity contribution in [2.24, 2.45) is 0 Å². The molecular weight excluding hydrogens is 286 g/mol. The van der Waals surface area contributed by atoms with Crippen LogP contribution in [-0.4, -0.2) is 40.9 Å². The summed E-state index contributed by atoms with van der Waals surface area (Å²) in [5.74, 6) is 1.01. The van der Waals surface area contributed by atoms with Crippen molar-refractivity contribution in [1.82, 2.24) is 14.5 Å². The topological polar surface area (TPSA) is 38.1 Å². The molecule has 3 rings (SSSR count). The Morgan fingerprint density at radius 2 is 1.87 bits per heavy atom. The van der Waals surface area contributed by atoms with E-state index in [4.69, 9.17) is 4.98 Å². The first-order valence-corrected chi connectivity index (χ1v) is 7.77. The van der Waals surface area contributed by atoms with Crippen molar-refractivity contribution in [3.05, 3.63) is 54.1 Å². The number of hydrogen-bond acceptors (Lipinski definition) is 3. The monoisotopic (exact) mass is 307 g/mol. The third kappa shape index (κ3) is 3.17. The summed E-state index contributed by atoms with van der Waals surface area (Å²) < 4.78 is 2.23. The molecule has 4 nitrogen and oxygen atoms in total. The SMILES string of the molecule is CC(=O)c1ccc2c(c1)nc(-c1ccccc1)n2CCN(C)C. The van der Waals surface area contributed by atoms with Gasteiger partial charge in [-0.3, -0.25) is 4.79 Å². The second kappa shape index (κ2) is 6.34. The highest BCUT2D eigenvalue weighted by molar-refractivity contribution is 5.97. The molecule has 1 heterocycles. The van der Waals surface area contributed by atoms with Gasteiger partial charge in [-0.2, -0.15) is 0 Å². The van der Waals surface area contributed by atoms with Gasteiger partial charge in [0.15, 0.2) is 5.78 Å². The number of benzene rings is 2. The second-order valence-electron chi connectivity index (χ2n) is 6.02. The zero-order chi connectivity index (χ0) is 16.4. The van der Waals surface area contributed by atoms with Gasteiger partial charge in [0.1, 0.15) is 5.82 Å². The number of aromatic nitrogens is 2. The number of carbonyl (C=O) groups excluding carboxylic acids is 1. The number of nitrogens with zero attached hydrogens (tertiary/aromatic N) is 3. The first-order chi connectivity index (χ1) is 11.1. The molecule has 118 valence electrons. The van der Waals surface area contributed by atoms with Crippen LogP contribution >= 0.6 is 0 Å². The summed E-state index contributed by atoms with van der Waals surface area (Å²) in [6.45, 7) is 3.37. The Kier molecular flexibility index (Phi) is 4.26. The number of imidazole rings is 1. The Hall–Kier alpha value is -2.46. The predicted molar refractivity (Wildman–Crippen MR) is 93.7 cm³/mol.